The normalized spacial score (nSPS) is 12.6. The standard InChI is InChI=1S/C12H16N4O/c1-3-4-16-8-10(6-15-16)12(17)11-7-13-9(2)5-14-11/h5-8,12,17H,3-4H2,1-2H3. The Morgan fingerprint density at radius 1 is 1.29 bits per heavy atom. The summed E-state index contributed by atoms with van der Waals surface area (Å²) in [6.07, 6.45) is 7.01. The average molecular weight is 232 g/mol. The van der Waals surface area contributed by atoms with Gasteiger partial charge in [-0.25, -0.2) is 0 Å². The molecular weight excluding hydrogens is 216 g/mol. The lowest BCUT2D eigenvalue weighted by atomic mass is 10.1. The smallest absolute Gasteiger partial charge is 0.126 e. The van der Waals surface area contributed by atoms with Crippen molar-refractivity contribution in [1.29, 1.82) is 0 Å². The Morgan fingerprint density at radius 3 is 2.76 bits per heavy atom. The summed E-state index contributed by atoms with van der Waals surface area (Å²) in [5, 5.41) is 14.3. The molecule has 0 aliphatic rings. The molecule has 0 radical (unpaired) electrons. The number of aryl methyl sites for hydroxylation is 2. The number of nitrogens with zero attached hydrogens (tertiary/aromatic N) is 4. The molecule has 17 heavy (non-hydrogen) atoms. The van der Waals surface area contributed by atoms with Crippen LogP contribution in [0, 0.1) is 6.92 Å². The number of aromatic nitrogens is 4. The molecule has 0 fully saturated rings. The molecule has 5 heteroatoms. The lowest BCUT2D eigenvalue weighted by Crippen LogP contribution is -2.03. The van der Waals surface area contributed by atoms with Crippen LogP contribution in [0.2, 0.25) is 0 Å². The van der Waals surface area contributed by atoms with E-state index in [1.807, 2.05) is 17.8 Å². The van der Waals surface area contributed by atoms with Crippen LogP contribution in [0.15, 0.2) is 24.8 Å². The van der Waals surface area contributed by atoms with Crippen molar-refractivity contribution in [3.8, 4) is 0 Å². The molecule has 0 bridgehead atoms. The second-order valence-electron chi connectivity index (χ2n) is 4.02. The minimum Gasteiger partial charge on any atom is -0.382 e. The highest BCUT2D eigenvalue weighted by Gasteiger charge is 2.14. The van der Waals surface area contributed by atoms with Crippen LogP contribution in [0.1, 0.15) is 36.4 Å². The summed E-state index contributed by atoms with van der Waals surface area (Å²) in [5.41, 5.74) is 2.13. The van der Waals surface area contributed by atoms with Gasteiger partial charge >= 0.3 is 0 Å². The molecular formula is C12H16N4O. The third-order valence-electron chi connectivity index (χ3n) is 2.50. The van der Waals surface area contributed by atoms with Gasteiger partial charge in [0, 0.05) is 24.5 Å². The molecule has 0 aromatic carbocycles. The Labute approximate surface area is 100 Å². The first-order valence-corrected chi connectivity index (χ1v) is 5.69. The zero-order valence-electron chi connectivity index (χ0n) is 10.0. The Hall–Kier alpha value is -1.75. The fourth-order valence-corrected chi connectivity index (χ4v) is 1.59. The van der Waals surface area contributed by atoms with Crippen molar-refractivity contribution in [3.63, 3.8) is 0 Å². The molecule has 0 saturated heterocycles. The molecule has 0 aliphatic carbocycles. The van der Waals surface area contributed by atoms with Gasteiger partial charge in [0.1, 0.15) is 6.10 Å². The Balaban J connectivity index is 2.18. The van der Waals surface area contributed by atoms with Crippen LogP contribution in [0.3, 0.4) is 0 Å². The topological polar surface area (TPSA) is 63.8 Å². The molecule has 0 spiro atoms. The van der Waals surface area contributed by atoms with Crippen molar-refractivity contribution in [1.82, 2.24) is 19.7 Å². The van der Waals surface area contributed by atoms with Gasteiger partial charge in [-0.15, -0.1) is 0 Å². The van der Waals surface area contributed by atoms with Crippen LogP contribution < -0.4 is 0 Å². The van der Waals surface area contributed by atoms with Crippen LogP contribution in [0.4, 0.5) is 0 Å². The summed E-state index contributed by atoms with van der Waals surface area (Å²) in [5.74, 6) is 0. The highest BCUT2D eigenvalue weighted by Crippen LogP contribution is 2.18. The molecule has 0 amide bonds. The first kappa shape index (κ1) is 11.7. The summed E-state index contributed by atoms with van der Waals surface area (Å²) < 4.78 is 1.82. The first-order chi connectivity index (χ1) is 8.20. The number of rotatable bonds is 4. The van der Waals surface area contributed by atoms with Crippen molar-refractivity contribution in [3.05, 3.63) is 41.7 Å². The molecule has 1 N–H and O–H groups in total. The Bertz CT molecular complexity index is 478. The van der Waals surface area contributed by atoms with E-state index in [1.54, 1.807) is 18.6 Å². The molecule has 2 aromatic heterocycles. The molecule has 1 unspecified atom stereocenters. The van der Waals surface area contributed by atoms with Crippen molar-refractivity contribution < 1.29 is 5.11 Å². The zero-order valence-corrected chi connectivity index (χ0v) is 10.0. The monoisotopic (exact) mass is 232 g/mol. The van der Waals surface area contributed by atoms with Crippen molar-refractivity contribution in [2.24, 2.45) is 0 Å². The van der Waals surface area contributed by atoms with E-state index in [2.05, 4.69) is 22.0 Å². The van der Waals surface area contributed by atoms with E-state index in [-0.39, 0.29) is 0 Å². The summed E-state index contributed by atoms with van der Waals surface area (Å²) >= 11 is 0. The van der Waals surface area contributed by atoms with Crippen molar-refractivity contribution in [2.75, 3.05) is 0 Å². The summed E-state index contributed by atoms with van der Waals surface area (Å²) in [7, 11) is 0. The lowest BCUT2D eigenvalue weighted by Gasteiger charge is -2.06. The molecule has 2 heterocycles. The van der Waals surface area contributed by atoms with Gasteiger partial charge in [-0.2, -0.15) is 5.10 Å². The van der Waals surface area contributed by atoms with Crippen LogP contribution in [0.25, 0.3) is 0 Å². The van der Waals surface area contributed by atoms with Crippen LogP contribution in [-0.2, 0) is 6.54 Å². The molecule has 2 aromatic rings. The number of aliphatic hydroxyl groups excluding tert-OH is 1. The van der Waals surface area contributed by atoms with Gasteiger partial charge in [-0.1, -0.05) is 6.92 Å². The maximum Gasteiger partial charge on any atom is 0.126 e. The second-order valence-corrected chi connectivity index (χ2v) is 4.02. The summed E-state index contributed by atoms with van der Waals surface area (Å²) in [4.78, 5) is 8.28. The van der Waals surface area contributed by atoms with E-state index < -0.39 is 6.10 Å². The van der Waals surface area contributed by atoms with Gasteiger partial charge in [0.05, 0.1) is 23.8 Å². The van der Waals surface area contributed by atoms with Crippen molar-refractivity contribution >= 4 is 0 Å². The van der Waals surface area contributed by atoms with Crippen LogP contribution in [-0.4, -0.2) is 24.9 Å². The van der Waals surface area contributed by atoms with Crippen molar-refractivity contribution in [2.45, 2.75) is 32.9 Å². The maximum absolute atomic E-state index is 10.1. The van der Waals surface area contributed by atoms with E-state index in [4.69, 9.17) is 0 Å². The Morgan fingerprint density at radius 2 is 2.12 bits per heavy atom. The van der Waals surface area contributed by atoms with Gasteiger partial charge in [-0.05, 0) is 13.3 Å². The fraction of sp³-hybridized carbons (Fsp3) is 0.417. The van der Waals surface area contributed by atoms with Gasteiger partial charge < -0.3 is 5.11 Å². The Kier molecular flexibility index (Phi) is 3.49. The third kappa shape index (κ3) is 2.68. The number of hydrogen-bond donors (Lipinski definition) is 1. The molecule has 1 atom stereocenters. The minimum atomic E-state index is -0.756. The van der Waals surface area contributed by atoms with E-state index in [0.717, 1.165) is 24.2 Å². The van der Waals surface area contributed by atoms with Gasteiger partial charge in [0.25, 0.3) is 0 Å². The van der Waals surface area contributed by atoms with Crippen LogP contribution in [0.5, 0.6) is 0 Å². The van der Waals surface area contributed by atoms with Gasteiger partial charge in [-0.3, -0.25) is 14.6 Å². The summed E-state index contributed by atoms with van der Waals surface area (Å²) in [6, 6.07) is 0. The number of aliphatic hydroxyl groups is 1. The molecule has 90 valence electrons. The van der Waals surface area contributed by atoms with E-state index in [0.29, 0.717) is 5.69 Å². The second kappa shape index (κ2) is 5.05. The number of hydrogen-bond acceptors (Lipinski definition) is 4. The SMILES string of the molecule is CCCn1cc(C(O)c2cnc(C)cn2)cn1. The highest BCUT2D eigenvalue weighted by atomic mass is 16.3. The van der Waals surface area contributed by atoms with E-state index >= 15 is 0 Å². The fourth-order valence-electron chi connectivity index (χ4n) is 1.59. The van der Waals surface area contributed by atoms with Gasteiger partial charge in [0.2, 0.25) is 0 Å². The van der Waals surface area contributed by atoms with Gasteiger partial charge in [0.15, 0.2) is 0 Å². The van der Waals surface area contributed by atoms with E-state index in [9.17, 15) is 5.11 Å². The maximum atomic E-state index is 10.1. The largest absolute Gasteiger partial charge is 0.382 e. The predicted octanol–water partition coefficient (Wildman–Crippen LogP) is 1.47. The highest BCUT2D eigenvalue weighted by molar-refractivity contribution is 5.19. The molecule has 0 aliphatic heterocycles. The molecule has 2 rings (SSSR count). The average Bonchev–Trinajstić information content (AvgIpc) is 2.78. The van der Waals surface area contributed by atoms with Crippen LogP contribution >= 0.6 is 0 Å². The quantitative estimate of drug-likeness (QED) is 0.867. The first-order valence-electron chi connectivity index (χ1n) is 5.69. The molecule has 0 saturated carbocycles. The minimum absolute atomic E-state index is 0.548. The third-order valence-corrected chi connectivity index (χ3v) is 2.50. The summed E-state index contributed by atoms with van der Waals surface area (Å²) in [6.45, 7) is 4.80. The predicted molar refractivity (Wildman–Crippen MR) is 63.3 cm³/mol. The zero-order chi connectivity index (χ0) is 12.3. The molecule has 5 nitrogen and oxygen atoms in total. The lowest BCUT2D eigenvalue weighted by molar-refractivity contribution is 0.214. The van der Waals surface area contributed by atoms with E-state index in [1.165, 1.54) is 0 Å².